The highest BCUT2D eigenvalue weighted by Crippen LogP contribution is 2.49. The predicted molar refractivity (Wildman–Crippen MR) is 97.4 cm³/mol. The summed E-state index contributed by atoms with van der Waals surface area (Å²) < 4.78 is 5.16. The lowest BCUT2D eigenvalue weighted by molar-refractivity contribution is -0.149. The van der Waals surface area contributed by atoms with Crippen LogP contribution in [0.25, 0.3) is 10.6 Å². The van der Waals surface area contributed by atoms with E-state index < -0.39 is 11.4 Å². The number of likely N-dealkylation sites (tertiary alicyclic amines) is 1. The number of amides is 1. The molecule has 1 saturated carbocycles. The minimum atomic E-state index is -0.765. The largest absolute Gasteiger partial charge is 0.497 e. The van der Waals surface area contributed by atoms with Gasteiger partial charge in [0.2, 0.25) is 0 Å². The summed E-state index contributed by atoms with van der Waals surface area (Å²) in [7, 11) is 1.62. The van der Waals surface area contributed by atoms with Crippen LogP contribution in [0.1, 0.15) is 28.9 Å². The van der Waals surface area contributed by atoms with Crippen LogP contribution >= 0.6 is 11.3 Å². The summed E-state index contributed by atoms with van der Waals surface area (Å²) in [6, 6.07) is 7.53. The monoisotopic (exact) mass is 372 g/mol. The van der Waals surface area contributed by atoms with E-state index in [9.17, 15) is 14.7 Å². The number of carboxylic acid groups (broad SMARTS) is 1. The van der Waals surface area contributed by atoms with Gasteiger partial charge in [-0.05, 0) is 43.0 Å². The summed E-state index contributed by atoms with van der Waals surface area (Å²) in [5, 5.41) is 10.4. The summed E-state index contributed by atoms with van der Waals surface area (Å²) in [5.74, 6) is -0.0436. The van der Waals surface area contributed by atoms with E-state index >= 15 is 0 Å². The molecule has 0 unspecified atom stereocenters. The Morgan fingerprint density at radius 1 is 1.35 bits per heavy atom. The fraction of sp³-hybridized carbons (Fsp3) is 0.421. The molecule has 1 aliphatic heterocycles. The molecule has 1 aliphatic carbocycles. The Morgan fingerprint density at radius 2 is 2.12 bits per heavy atom. The molecule has 7 heteroatoms. The normalized spacial score (nSPS) is 24.5. The van der Waals surface area contributed by atoms with Gasteiger partial charge in [-0.1, -0.05) is 6.42 Å². The molecule has 4 rings (SSSR count). The predicted octanol–water partition coefficient (Wildman–Crippen LogP) is 3.15. The van der Waals surface area contributed by atoms with Crippen molar-refractivity contribution in [2.75, 3.05) is 20.2 Å². The van der Waals surface area contributed by atoms with Crippen LogP contribution in [0.4, 0.5) is 0 Å². The second-order valence-corrected chi connectivity index (χ2v) is 8.02. The number of ether oxygens (including phenoxy) is 1. The van der Waals surface area contributed by atoms with Crippen molar-refractivity contribution in [3.8, 4) is 16.3 Å². The van der Waals surface area contributed by atoms with E-state index in [0.717, 1.165) is 29.2 Å². The summed E-state index contributed by atoms with van der Waals surface area (Å²) in [6.07, 6.45) is 4.07. The van der Waals surface area contributed by atoms with Gasteiger partial charge >= 0.3 is 5.97 Å². The number of carboxylic acids is 1. The summed E-state index contributed by atoms with van der Waals surface area (Å²) in [5.41, 5.74) is 0.175. The third kappa shape index (κ3) is 2.67. The van der Waals surface area contributed by atoms with E-state index in [1.807, 2.05) is 24.3 Å². The molecule has 1 aromatic heterocycles. The van der Waals surface area contributed by atoms with Gasteiger partial charge in [-0.15, -0.1) is 11.3 Å². The zero-order valence-corrected chi connectivity index (χ0v) is 15.3. The average Bonchev–Trinajstić information content (AvgIpc) is 3.35. The molecule has 1 aromatic carbocycles. The smallest absolute Gasteiger partial charge is 0.311 e. The van der Waals surface area contributed by atoms with Crippen molar-refractivity contribution >= 4 is 23.2 Å². The minimum Gasteiger partial charge on any atom is -0.497 e. The second kappa shape index (κ2) is 6.39. The molecule has 0 spiro atoms. The highest BCUT2D eigenvalue weighted by molar-refractivity contribution is 7.16. The SMILES string of the molecule is COc1ccc(-c2ncc(C(=O)N3C[C@@H]4CCC[C@@]4(C(=O)O)C3)s2)cc1. The number of benzene rings is 1. The van der Waals surface area contributed by atoms with Gasteiger partial charge in [0.05, 0.1) is 18.7 Å². The average molecular weight is 372 g/mol. The molecule has 2 heterocycles. The minimum absolute atomic E-state index is 0.0675. The highest BCUT2D eigenvalue weighted by Gasteiger charge is 2.55. The number of fused-ring (bicyclic) bond motifs is 1. The van der Waals surface area contributed by atoms with Crippen LogP contribution in [0.3, 0.4) is 0 Å². The number of aliphatic carboxylic acids is 1. The number of carbonyl (C=O) groups excluding carboxylic acids is 1. The molecule has 2 aliphatic rings. The van der Waals surface area contributed by atoms with Crippen molar-refractivity contribution < 1.29 is 19.4 Å². The maximum absolute atomic E-state index is 12.9. The Kier molecular flexibility index (Phi) is 4.19. The molecular formula is C19H20N2O4S. The zero-order chi connectivity index (χ0) is 18.3. The number of carbonyl (C=O) groups is 2. The van der Waals surface area contributed by atoms with Crippen LogP contribution in [0.2, 0.25) is 0 Å². The first-order valence-electron chi connectivity index (χ1n) is 8.66. The molecule has 0 bridgehead atoms. The number of nitrogens with zero attached hydrogens (tertiary/aromatic N) is 2. The molecule has 2 fully saturated rings. The zero-order valence-electron chi connectivity index (χ0n) is 14.5. The third-order valence-electron chi connectivity index (χ3n) is 5.64. The van der Waals surface area contributed by atoms with E-state index in [4.69, 9.17) is 4.74 Å². The second-order valence-electron chi connectivity index (χ2n) is 6.99. The first-order valence-corrected chi connectivity index (χ1v) is 9.48. The van der Waals surface area contributed by atoms with Crippen molar-refractivity contribution in [3.63, 3.8) is 0 Å². The Morgan fingerprint density at radius 3 is 2.77 bits per heavy atom. The fourth-order valence-corrected chi connectivity index (χ4v) is 5.08. The van der Waals surface area contributed by atoms with Gasteiger partial charge in [-0.2, -0.15) is 0 Å². The van der Waals surface area contributed by atoms with E-state index in [1.54, 1.807) is 18.2 Å². The maximum atomic E-state index is 12.9. The van der Waals surface area contributed by atoms with Crippen LogP contribution in [0.5, 0.6) is 5.75 Å². The summed E-state index contributed by atoms with van der Waals surface area (Å²) >= 11 is 1.34. The van der Waals surface area contributed by atoms with E-state index in [1.165, 1.54) is 11.3 Å². The van der Waals surface area contributed by atoms with Crippen molar-refractivity contribution in [3.05, 3.63) is 35.3 Å². The van der Waals surface area contributed by atoms with Crippen molar-refractivity contribution in [1.82, 2.24) is 9.88 Å². The lowest BCUT2D eigenvalue weighted by Gasteiger charge is -2.23. The fourth-order valence-electron chi connectivity index (χ4n) is 4.19. The third-order valence-corrected chi connectivity index (χ3v) is 6.67. The van der Waals surface area contributed by atoms with Gasteiger partial charge in [0.15, 0.2) is 0 Å². The van der Waals surface area contributed by atoms with E-state index in [2.05, 4.69) is 4.98 Å². The van der Waals surface area contributed by atoms with Crippen LogP contribution in [-0.4, -0.2) is 47.1 Å². The summed E-state index contributed by atoms with van der Waals surface area (Å²) in [6.45, 7) is 0.836. The highest BCUT2D eigenvalue weighted by atomic mass is 32.1. The first kappa shape index (κ1) is 17.0. The molecule has 0 radical (unpaired) electrons. The number of methoxy groups -OCH3 is 1. The molecule has 2 atom stereocenters. The van der Waals surface area contributed by atoms with Crippen LogP contribution in [0, 0.1) is 11.3 Å². The lowest BCUT2D eigenvalue weighted by Crippen LogP contribution is -2.37. The topological polar surface area (TPSA) is 79.7 Å². The molecule has 136 valence electrons. The molecule has 2 aromatic rings. The van der Waals surface area contributed by atoms with E-state index in [0.29, 0.717) is 24.4 Å². The number of rotatable bonds is 4. The van der Waals surface area contributed by atoms with Gasteiger partial charge in [0.1, 0.15) is 15.6 Å². The molecule has 1 amide bonds. The Balaban J connectivity index is 1.53. The quantitative estimate of drug-likeness (QED) is 0.892. The van der Waals surface area contributed by atoms with Crippen LogP contribution in [-0.2, 0) is 4.79 Å². The molecule has 1 saturated heterocycles. The number of aromatic nitrogens is 1. The molecule has 26 heavy (non-hydrogen) atoms. The standard InChI is InChI=1S/C19H20N2O4S/c1-25-14-6-4-12(5-7-14)16-20-9-15(26-16)17(22)21-10-13-3-2-8-19(13,11-21)18(23)24/h4-7,9,13H,2-3,8,10-11H2,1H3,(H,23,24)/t13-,19+/m0/s1. The number of hydrogen-bond acceptors (Lipinski definition) is 5. The summed E-state index contributed by atoms with van der Waals surface area (Å²) in [4.78, 5) is 31.3. The van der Waals surface area contributed by atoms with E-state index in [-0.39, 0.29) is 11.8 Å². The van der Waals surface area contributed by atoms with Gasteiger partial charge in [-0.3, -0.25) is 9.59 Å². The Labute approximate surface area is 155 Å². The number of hydrogen-bond donors (Lipinski definition) is 1. The number of thiazole rings is 1. The van der Waals surface area contributed by atoms with Gasteiger partial charge in [0.25, 0.3) is 5.91 Å². The molecule has 6 nitrogen and oxygen atoms in total. The van der Waals surface area contributed by atoms with Gasteiger partial charge in [0, 0.05) is 18.7 Å². The van der Waals surface area contributed by atoms with Crippen LogP contribution < -0.4 is 4.74 Å². The van der Waals surface area contributed by atoms with Gasteiger partial charge < -0.3 is 14.7 Å². The lowest BCUT2D eigenvalue weighted by atomic mass is 9.81. The molecular weight excluding hydrogens is 352 g/mol. The van der Waals surface area contributed by atoms with Crippen molar-refractivity contribution in [2.45, 2.75) is 19.3 Å². The van der Waals surface area contributed by atoms with Crippen molar-refractivity contribution in [1.29, 1.82) is 0 Å². The van der Waals surface area contributed by atoms with Gasteiger partial charge in [-0.25, -0.2) is 4.98 Å². The van der Waals surface area contributed by atoms with Crippen molar-refractivity contribution in [2.24, 2.45) is 11.3 Å². The Bertz CT molecular complexity index is 847. The van der Waals surface area contributed by atoms with Crippen LogP contribution in [0.15, 0.2) is 30.5 Å². The maximum Gasteiger partial charge on any atom is 0.311 e. The molecule has 1 N–H and O–H groups in total. The Hall–Kier alpha value is -2.41. The first-order chi connectivity index (χ1) is 12.5.